The van der Waals surface area contributed by atoms with E-state index in [1.165, 1.54) is 24.3 Å². The van der Waals surface area contributed by atoms with E-state index in [4.69, 9.17) is 9.47 Å². The first-order valence-corrected chi connectivity index (χ1v) is 10.5. The zero-order valence-corrected chi connectivity index (χ0v) is 18.1. The van der Waals surface area contributed by atoms with E-state index in [1.807, 2.05) is 30.3 Å². The van der Waals surface area contributed by atoms with Crippen LogP contribution in [-0.4, -0.2) is 24.2 Å². The van der Waals surface area contributed by atoms with Crippen molar-refractivity contribution in [1.82, 2.24) is 10.3 Å². The lowest BCUT2D eigenvalue weighted by Crippen LogP contribution is -2.28. The Morgan fingerprint density at radius 2 is 1.74 bits per heavy atom. The van der Waals surface area contributed by atoms with Gasteiger partial charge in [0.1, 0.15) is 5.75 Å². The Labute approximate surface area is 197 Å². The normalized spacial score (nSPS) is 12.4. The third-order valence-corrected chi connectivity index (χ3v) is 5.26. The van der Waals surface area contributed by atoms with E-state index in [-0.39, 0.29) is 19.1 Å². The van der Waals surface area contributed by atoms with Crippen molar-refractivity contribution in [2.75, 3.05) is 12.1 Å². The molecule has 3 aromatic carbocycles. The zero-order valence-electron chi connectivity index (χ0n) is 18.1. The average molecular weight is 481 g/mol. The summed E-state index contributed by atoms with van der Waals surface area (Å²) < 4.78 is 51.3. The lowest BCUT2D eigenvalue weighted by Gasteiger charge is -2.11. The van der Waals surface area contributed by atoms with Crippen LogP contribution in [0, 0.1) is 0 Å². The van der Waals surface area contributed by atoms with Gasteiger partial charge in [-0.25, -0.2) is 4.79 Å². The summed E-state index contributed by atoms with van der Waals surface area (Å²) in [5, 5.41) is 6.28. The van der Waals surface area contributed by atoms with Crippen molar-refractivity contribution in [3.8, 4) is 28.4 Å². The number of ether oxygens (including phenoxy) is 3. The van der Waals surface area contributed by atoms with E-state index in [0.29, 0.717) is 28.3 Å². The van der Waals surface area contributed by atoms with Crippen LogP contribution >= 0.6 is 0 Å². The summed E-state index contributed by atoms with van der Waals surface area (Å²) in [6.45, 7) is 0.337. The highest BCUT2D eigenvalue weighted by atomic mass is 19.4. The number of alkyl halides is 3. The van der Waals surface area contributed by atoms with Crippen LogP contribution < -0.4 is 24.8 Å². The molecule has 0 bridgehead atoms. The molecule has 1 aliphatic rings. The minimum atomic E-state index is -4.75. The van der Waals surface area contributed by atoms with Gasteiger partial charge in [-0.05, 0) is 53.6 Å². The van der Waals surface area contributed by atoms with Crippen LogP contribution in [0.3, 0.4) is 0 Å². The first kappa shape index (κ1) is 22.3. The number of nitrogens with one attached hydrogen (secondary N) is 2. The standard InChI is InChI=1S/C25H18F3N3O4/c26-25(27,28)35-20-6-1-15(2-7-20)12-30-24(32)31-19-5-3-17-9-18(13-29-21(17)11-19)16-4-8-22-23(10-16)34-14-33-22/h1-11,13H,12,14H2,(H2,30,31,32). The van der Waals surface area contributed by atoms with E-state index in [2.05, 4.69) is 20.4 Å². The molecule has 7 nitrogen and oxygen atoms in total. The lowest BCUT2D eigenvalue weighted by molar-refractivity contribution is -0.274. The summed E-state index contributed by atoms with van der Waals surface area (Å²) in [6.07, 6.45) is -3.00. The number of hydrogen-bond acceptors (Lipinski definition) is 5. The SMILES string of the molecule is O=C(NCc1ccc(OC(F)(F)F)cc1)Nc1ccc2cc(-c3ccc4c(c3)OCO4)cnc2c1. The fourth-order valence-electron chi connectivity index (χ4n) is 3.60. The van der Waals surface area contributed by atoms with Crippen LogP contribution in [0.2, 0.25) is 0 Å². The van der Waals surface area contributed by atoms with E-state index in [0.717, 1.165) is 16.5 Å². The number of benzene rings is 3. The van der Waals surface area contributed by atoms with Gasteiger partial charge in [-0.1, -0.05) is 24.3 Å². The topological polar surface area (TPSA) is 81.7 Å². The predicted octanol–water partition coefficient (Wildman–Crippen LogP) is 5.85. The monoisotopic (exact) mass is 481 g/mol. The van der Waals surface area contributed by atoms with E-state index in [9.17, 15) is 18.0 Å². The Morgan fingerprint density at radius 1 is 0.943 bits per heavy atom. The highest BCUT2D eigenvalue weighted by molar-refractivity contribution is 5.93. The van der Waals surface area contributed by atoms with Gasteiger partial charge < -0.3 is 24.8 Å². The highest BCUT2D eigenvalue weighted by Gasteiger charge is 2.30. The largest absolute Gasteiger partial charge is 0.573 e. The molecule has 0 fully saturated rings. The van der Waals surface area contributed by atoms with Crippen LogP contribution in [0.4, 0.5) is 23.7 Å². The number of carbonyl (C=O) groups excluding carboxylic acids is 1. The number of urea groups is 1. The van der Waals surface area contributed by atoms with Crippen molar-refractivity contribution in [2.24, 2.45) is 0 Å². The molecular formula is C25H18F3N3O4. The molecule has 5 rings (SSSR count). The molecule has 35 heavy (non-hydrogen) atoms. The van der Waals surface area contributed by atoms with Crippen LogP contribution in [0.15, 0.2) is 72.9 Å². The van der Waals surface area contributed by atoms with Crippen molar-refractivity contribution >= 4 is 22.6 Å². The second kappa shape index (κ2) is 9.05. The zero-order chi connectivity index (χ0) is 24.4. The molecule has 178 valence electrons. The molecule has 0 atom stereocenters. The maximum Gasteiger partial charge on any atom is 0.573 e. The number of anilines is 1. The molecule has 0 aliphatic carbocycles. The average Bonchev–Trinajstić information content (AvgIpc) is 3.30. The molecule has 0 spiro atoms. The van der Waals surface area contributed by atoms with E-state index in [1.54, 1.807) is 18.3 Å². The molecule has 1 aliphatic heterocycles. The molecule has 2 amide bonds. The summed E-state index contributed by atoms with van der Waals surface area (Å²) in [4.78, 5) is 16.8. The van der Waals surface area contributed by atoms with Gasteiger partial charge in [0.2, 0.25) is 6.79 Å². The molecule has 0 saturated carbocycles. The van der Waals surface area contributed by atoms with Crippen LogP contribution in [-0.2, 0) is 6.54 Å². The van der Waals surface area contributed by atoms with Crippen molar-refractivity contribution in [3.63, 3.8) is 0 Å². The summed E-state index contributed by atoms with van der Waals surface area (Å²) in [5.74, 6) is 1.08. The van der Waals surface area contributed by atoms with Gasteiger partial charge in [-0.3, -0.25) is 4.98 Å². The summed E-state index contributed by atoms with van der Waals surface area (Å²) in [5.41, 5.74) is 3.73. The van der Waals surface area contributed by atoms with Crippen LogP contribution in [0.5, 0.6) is 17.2 Å². The number of halogens is 3. The molecule has 10 heteroatoms. The molecule has 0 saturated heterocycles. The molecular weight excluding hydrogens is 463 g/mol. The number of pyridine rings is 1. The summed E-state index contributed by atoms with van der Waals surface area (Å²) >= 11 is 0. The Balaban J connectivity index is 1.21. The minimum absolute atomic E-state index is 0.128. The minimum Gasteiger partial charge on any atom is -0.454 e. The van der Waals surface area contributed by atoms with Gasteiger partial charge >= 0.3 is 12.4 Å². The Morgan fingerprint density at radius 3 is 2.54 bits per heavy atom. The van der Waals surface area contributed by atoms with Crippen molar-refractivity contribution in [2.45, 2.75) is 12.9 Å². The fraction of sp³-hybridized carbons (Fsp3) is 0.120. The second-order valence-electron chi connectivity index (χ2n) is 7.70. The summed E-state index contributed by atoms with van der Waals surface area (Å²) in [7, 11) is 0. The van der Waals surface area contributed by atoms with Crippen molar-refractivity contribution < 1.29 is 32.2 Å². The maximum absolute atomic E-state index is 12.3. The van der Waals surface area contributed by atoms with Gasteiger partial charge in [0, 0.05) is 29.4 Å². The van der Waals surface area contributed by atoms with Crippen molar-refractivity contribution in [3.05, 3.63) is 78.5 Å². The maximum atomic E-state index is 12.3. The Hall–Kier alpha value is -4.47. The molecule has 0 unspecified atom stereocenters. The van der Waals surface area contributed by atoms with Crippen LogP contribution in [0.25, 0.3) is 22.0 Å². The van der Waals surface area contributed by atoms with Gasteiger partial charge in [0.15, 0.2) is 11.5 Å². The lowest BCUT2D eigenvalue weighted by atomic mass is 10.0. The van der Waals surface area contributed by atoms with Gasteiger partial charge in [-0.15, -0.1) is 13.2 Å². The number of nitrogens with zero attached hydrogens (tertiary/aromatic N) is 1. The smallest absolute Gasteiger partial charge is 0.454 e. The second-order valence-corrected chi connectivity index (χ2v) is 7.70. The molecule has 2 N–H and O–H groups in total. The first-order chi connectivity index (χ1) is 16.8. The van der Waals surface area contributed by atoms with E-state index < -0.39 is 12.4 Å². The number of amides is 2. The van der Waals surface area contributed by atoms with Gasteiger partial charge in [0.25, 0.3) is 0 Å². The number of rotatable bonds is 5. The fourth-order valence-corrected chi connectivity index (χ4v) is 3.60. The van der Waals surface area contributed by atoms with Crippen molar-refractivity contribution in [1.29, 1.82) is 0 Å². The molecule has 0 radical (unpaired) electrons. The van der Waals surface area contributed by atoms with E-state index >= 15 is 0 Å². The number of hydrogen-bond donors (Lipinski definition) is 2. The molecule has 4 aromatic rings. The van der Waals surface area contributed by atoms with Crippen LogP contribution in [0.1, 0.15) is 5.56 Å². The first-order valence-electron chi connectivity index (χ1n) is 10.5. The Bertz CT molecular complexity index is 1390. The number of aromatic nitrogens is 1. The summed E-state index contributed by atoms with van der Waals surface area (Å²) in [6, 6.07) is 17.9. The van der Waals surface area contributed by atoms with Gasteiger partial charge in [0.05, 0.1) is 5.52 Å². The quantitative estimate of drug-likeness (QED) is 0.374. The molecule has 1 aromatic heterocycles. The number of fused-ring (bicyclic) bond motifs is 2. The molecule has 2 heterocycles. The third-order valence-electron chi connectivity index (χ3n) is 5.26. The predicted molar refractivity (Wildman–Crippen MR) is 122 cm³/mol. The third kappa shape index (κ3) is 5.37. The van der Waals surface area contributed by atoms with Gasteiger partial charge in [-0.2, -0.15) is 0 Å². The Kier molecular flexibility index (Phi) is 5.77. The highest BCUT2D eigenvalue weighted by Crippen LogP contribution is 2.36. The number of carbonyl (C=O) groups is 1.